The maximum atomic E-state index is 11.2. The van der Waals surface area contributed by atoms with Gasteiger partial charge in [-0.05, 0) is 32.2 Å². The van der Waals surface area contributed by atoms with Crippen molar-refractivity contribution in [3.05, 3.63) is 0 Å². The Kier molecular flexibility index (Phi) is 5.40. The molecule has 1 unspecified atom stereocenters. The van der Waals surface area contributed by atoms with Crippen molar-refractivity contribution in [3.63, 3.8) is 0 Å². The molecule has 2 aliphatic rings. The molecular weight excluding hydrogens is 216 g/mol. The molecule has 0 aromatic rings. The summed E-state index contributed by atoms with van der Waals surface area (Å²) in [5.74, 6) is 0.193. The zero-order valence-electron chi connectivity index (χ0n) is 10.1. The SMILES string of the molecule is C.CC(=O)N1CCC(N2CCCC2CO)CC1. The number of rotatable bonds is 2. The summed E-state index contributed by atoms with van der Waals surface area (Å²) in [6, 6.07) is 0.948. The number of aliphatic hydroxyl groups is 1. The van der Waals surface area contributed by atoms with Crippen molar-refractivity contribution in [2.24, 2.45) is 0 Å². The van der Waals surface area contributed by atoms with Gasteiger partial charge in [0.2, 0.25) is 5.91 Å². The monoisotopic (exact) mass is 242 g/mol. The highest BCUT2D eigenvalue weighted by atomic mass is 16.3. The number of nitrogens with zero attached hydrogens (tertiary/aromatic N) is 2. The van der Waals surface area contributed by atoms with Gasteiger partial charge in [-0.15, -0.1) is 0 Å². The van der Waals surface area contributed by atoms with Crippen molar-refractivity contribution in [2.75, 3.05) is 26.2 Å². The minimum atomic E-state index is 0. The molecule has 0 radical (unpaired) electrons. The van der Waals surface area contributed by atoms with Crippen molar-refractivity contribution in [1.82, 2.24) is 9.80 Å². The van der Waals surface area contributed by atoms with Gasteiger partial charge in [0.25, 0.3) is 0 Å². The number of likely N-dealkylation sites (tertiary alicyclic amines) is 2. The Hall–Kier alpha value is -0.610. The molecule has 2 saturated heterocycles. The smallest absolute Gasteiger partial charge is 0.219 e. The fraction of sp³-hybridized carbons (Fsp3) is 0.923. The van der Waals surface area contributed by atoms with E-state index in [9.17, 15) is 9.90 Å². The van der Waals surface area contributed by atoms with Crippen LogP contribution >= 0.6 is 0 Å². The van der Waals surface area contributed by atoms with E-state index in [4.69, 9.17) is 0 Å². The fourth-order valence-electron chi connectivity index (χ4n) is 3.05. The normalized spacial score (nSPS) is 26.9. The third-order valence-corrected chi connectivity index (χ3v) is 4.01. The van der Waals surface area contributed by atoms with Gasteiger partial charge >= 0.3 is 0 Å². The molecule has 2 aliphatic heterocycles. The van der Waals surface area contributed by atoms with Gasteiger partial charge < -0.3 is 10.0 Å². The molecule has 0 aromatic heterocycles. The predicted molar refractivity (Wildman–Crippen MR) is 68.8 cm³/mol. The van der Waals surface area contributed by atoms with Crippen molar-refractivity contribution in [3.8, 4) is 0 Å². The van der Waals surface area contributed by atoms with Gasteiger partial charge in [0.05, 0.1) is 6.61 Å². The summed E-state index contributed by atoms with van der Waals surface area (Å²) < 4.78 is 0. The minimum absolute atomic E-state index is 0. The maximum absolute atomic E-state index is 11.2. The third kappa shape index (κ3) is 3.19. The Labute approximate surface area is 105 Å². The lowest BCUT2D eigenvalue weighted by atomic mass is 10.0. The molecule has 17 heavy (non-hydrogen) atoms. The lowest BCUT2D eigenvalue weighted by molar-refractivity contribution is -0.130. The summed E-state index contributed by atoms with van der Waals surface area (Å²) in [7, 11) is 0. The number of aliphatic hydroxyl groups excluding tert-OH is 1. The standard InChI is InChI=1S/C12H22N2O2.CH4/c1-10(16)13-7-4-11(5-8-13)14-6-2-3-12(14)9-15;/h11-12,15H,2-9H2,1H3;1H4. The van der Waals surface area contributed by atoms with E-state index in [2.05, 4.69) is 4.90 Å². The Morgan fingerprint density at radius 2 is 1.88 bits per heavy atom. The van der Waals surface area contributed by atoms with Crippen LogP contribution < -0.4 is 0 Å². The molecule has 4 heteroatoms. The zero-order chi connectivity index (χ0) is 11.5. The number of hydrogen-bond acceptors (Lipinski definition) is 3. The molecule has 2 rings (SSSR count). The molecular formula is C13H26N2O2. The molecule has 0 bridgehead atoms. The molecule has 2 fully saturated rings. The van der Waals surface area contributed by atoms with E-state index < -0.39 is 0 Å². The second kappa shape index (κ2) is 6.36. The van der Waals surface area contributed by atoms with Crippen LogP contribution in [0.1, 0.15) is 40.0 Å². The van der Waals surface area contributed by atoms with Crippen LogP contribution in [0.2, 0.25) is 0 Å². The first-order chi connectivity index (χ1) is 7.72. The van der Waals surface area contributed by atoms with E-state index >= 15 is 0 Å². The summed E-state index contributed by atoms with van der Waals surface area (Å²) >= 11 is 0. The Morgan fingerprint density at radius 3 is 2.41 bits per heavy atom. The zero-order valence-corrected chi connectivity index (χ0v) is 10.1. The molecule has 4 nitrogen and oxygen atoms in total. The van der Waals surface area contributed by atoms with E-state index in [0.29, 0.717) is 12.1 Å². The van der Waals surface area contributed by atoms with E-state index in [-0.39, 0.29) is 19.9 Å². The summed E-state index contributed by atoms with van der Waals surface area (Å²) in [5.41, 5.74) is 0. The third-order valence-electron chi connectivity index (χ3n) is 4.01. The quantitative estimate of drug-likeness (QED) is 0.788. The average molecular weight is 242 g/mol. The van der Waals surface area contributed by atoms with Crippen molar-refractivity contribution < 1.29 is 9.90 Å². The summed E-state index contributed by atoms with van der Waals surface area (Å²) in [4.78, 5) is 15.6. The van der Waals surface area contributed by atoms with Crippen LogP contribution in [0.25, 0.3) is 0 Å². The number of amides is 1. The van der Waals surface area contributed by atoms with Crippen LogP contribution in [0.3, 0.4) is 0 Å². The van der Waals surface area contributed by atoms with Gasteiger partial charge in [0.1, 0.15) is 0 Å². The van der Waals surface area contributed by atoms with Crippen LogP contribution in [0.5, 0.6) is 0 Å². The molecule has 1 N–H and O–H groups in total. The Bertz CT molecular complexity index is 250. The molecule has 1 atom stereocenters. The lowest BCUT2D eigenvalue weighted by Crippen LogP contribution is -2.48. The number of carbonyl (C=O) groups excluding carboxylic acids is 1. The van der Waals surface area contributed by atoms with Crippen molar-refractivity contribution in [2.45, 2.75) is 52.1 Å². The van der Waals surface area contributed by atoms with Crippen LogP contribution in [0.15, 0.2) is 0 Å². The van der Waals surface area contributed by atoms with Gasteiger partial charge in [-0.3, -0.25) is 9.69 Å². The van der Waals surface area contributed by atoms with E-state index in [1.54, 1.807) is 6.92 Å². The van der Waals surface area contributed by atoms with Crippen LogP contribution in [0.4, 0.5) is 0 Å². The molecule has 100 valence electrons. The first kappa shape index (κ1) is 14.5. The highest BCUT2D eigenvalue weighted by Crippen LogP contribution is 2.25. The van der Waals surface area contributed by atoms with Gasteiger partial charge in [-0.2, -0.15) is 0 Å². The second-order valence-electron chi connectivity index (χ2n) is 4.95. The highest BCUT2D eigenvalue weighted by molar-refractivity contribution is 5.73. The lowest BCUT2D eigenvalue weighted by Gasteiger charge is -2.38. The number of hydrogen-bond donors (Lipinski definition) is 1. The van der Waals surface area contributed by atoms with Crippen molar-refractivity contribution in [1.29, 1.82) is 0 Å². The maximum Gasteiger partial charge on any atom is 0.219 e. The van der Waals surface area contributed by atoms with Gasteiger partial charge in [-0.25, -0.2) is 0 Å². The number of carbonyl (C=O) groups is 1. The first-order valence-corrected chi connectivity index (χ1v) is 6.34. The van der Waals surface area contributed by atoms with Gasteiger partial charge in [0, 0.05) is 32.1 Å². The predicted octanol–water partition coefficient (Wildman–Crippen LogP) is 1.09. The fourth-order valence-corrected chi connectivity index (χ4v) is 3.05. The molecule has 0 spiro atoms. The summed E-state index contributed by atoms with van der Waals surface area (Å²) in [5, 5.41) is 9.30. The first-order valence-electron chi connectivity index (χ1n) is 6.34. The minimum Gasteiger partial charge on any atom is -0.395 e. The largest absolute Gasteiger partial charge is 0.395 e. The topological polar surface area (TPSA) is 43.8 Å². The average Bonchev–Trinajstić information content (AvgIpc) is 2.77. The van der Waals surface area contributed by atoms with E-state index in [1.165, 1.54) is 6.42 Å². The molecule has 0 aliphatic carbocycles. The van der Waals surface area contributed by atoms with Crippen LogP contribution in [-0.4, -0.2) is 59.1 Å². The summed E-state index contributed by atoms with van der Waals surface area (Å²) in [6.07, 6.45) is 4.47. The van der Waals surface area contributed by atoms with Gasteiger partial charge in [-0.1, -0.05) is 7.43 Å². The number of piperidine rings is 1. The van der Waals surface area contributed by atoms with E-state index in [0.717, 1.165) is 38.9 Å². The highest BCUT2D eigenvalue weighted by Gasteiger charge is 2.32. The molecule has 0 saturated carbocycles. The van der Waals surface area contributed by atoms with Crippen LogP contribution in [0, 0.1) is 0 Å². The van der Waals surface area contributed by atoms with Gasteiger partial charge in [0.15, 0.2) is 0 Å². The van der Waals surface area contributed by atoms with Crippen molar-refractivity contribution >= 4 is 5.91 Å². The second-order valence-corrected chi connectivity index (χ2v) is 4.95. The molecule has 1 amide bonds. The molecule has 0 aromatic carbocycles. The summed E-state index contributed by atoms with van der Waals surface area (Å²) in [6.45, 7) is 4.82. The van der Waals surface area contributed by atoms with E-state index in [1.807, 2.05) is 4.90 Å². The molecule has 2 heterocycles. The Balaban J connectivity index is 0.00000144. The van der Waals surface area contributed by atoms with Crippen LogP contribution in [-0.2, 0) is 4.79 Å². The Morgan fingerprint density at radius 1 is 1.24 bits per heavy atom.